The average molecular weight is 268 g/mol. The van der Waals surface area contributed by atoms with Crippen molar-refractivity contribution in [3.8, 4) is 5.75 Å². The van der Waals surface area contributed by atoms with Gasteiger partial charge < -0.3 is 9.30 Å². The average Bonchev–Trinajstić information content (AvgIpc) is 3.16. The molecule has 3 rings (SSSR count). The summed E-state index contributed by atoms with van der Waals surface area (Å²) in [6.45, 7) is 0. The molecule has 1 aliphatic rings. The first-order chi connectivity index (χ1) is 9.85. The number of nitrogens with zero attached hydrogens (tertiary/aromatic N) is 2. The van der Waals surface area contributed by atoms with Crippen LogP contribution in [0.4, 0.5) is 5.69 Å². The smallest absolute Gasteiger partial charge is 0.119 e. The van der Waals surface area contributed by atoms with E-state index in [-0.39, 0.29) is 0 Å². The summed E-state index contributed by atoms with van der Waals surface area (Å²) in [6.07, 6.45) is 11.6. The molecule has 2 aromatic rings. The number of aliphatic imine (C=N–C) groups is 1. The lowest BCUT2D eigenvalue weighted by Crippen LogP contribution is -2.00. The van der Waals surface area contributed by atoms with E-state index < -0.39 is 0 Å². The van der Waals surface area contributed by atoms with Crippen molar-refractivity contribution in [1.29, 1.82) is 0 Å². The number of ether oxygens (including phenoxy) is 1. The highest BCUT2D eigenvalue weighted by atomic mass is 16.5. The minimum absolute atomic E-state index is 0.693. The SMILES string of the molecule is COc1ccc(N=Cc2ccn(C3CCCC3)c2)cc1. The van der Waals surface area contributed by atoms with Gasteiger partial charge in [-0.1, -0.05) is 12.8 Å². The van der Waals surface area contributed by atoms with Gasteiger partial charge in [0.15, 0.2) is 0 Å². The molecule has 1 fully saturated rings. The molecule has 0 amide bonds. The molecule has 104 valence electrons. The Morgan fingerprint density at radius 2 is 1.90 bits per heavy atom. The van der Waals surface area contributed by atoms with Crippen LogP contribution in [-0.4, -0.2) is 17.9 Å². The van der Waals surface area contributed by atoms with Gasteiger partial charge in [-0.3, -0.25) is 4.99 Å². The highest BCUT2D eigenvalue weighted by Crippen LogP contribution is 2.29. The van der Waals surface area contributed by atoms with Gasteiger partial charge in [-0.15, -0.1) is 0 Å². The molecule has 0 N–H and O–H groups in total. The molecule has 0 radical (unpaired) electrons. The molecule has 0 atom stereocenters. The minimum Gasteiger partial charge on any atom is -0.497 e. The number of aromatic nitrogens is 1. The lowest BCUT2D eigenvalue weighted by Gasteiger charge is -2.10. The van der Waals surface area contributed by atoms with Gasteiger partial charge in [-0.05, 0) is 43.2 Å². The van der Waals surface area contributed by atoms with Crippen LogP contribution in [0.15, 0.2) is 47.7 Å². The number of methoxy groups -OCH3 is 1. The first kappa shape index (κ1) is 13.0. The molecule has 0 unspecified atom stereocenters. The van der Waals surface area contributed by atoms with Gasteiger partial charge in [0.2, 0.25) is 0 Å². The molecular formula is C17H20N2O. The third kappa shape index (κ3) is 2.93. The van der Waals surface area contributed by atoms with E-state index in [9.17, 15) is 0 Å². The second kappa shape index (κ2) is 5.95. The van der Waals surface area contributed by atoms with Crippen LogP contribution in [0.3, 0.4) is 0 Å². The third-order valence-corrected chi connectivity index (χ3v) is 3.92. The third-order valence-electron chi connectivity index (χ3n) is 3.92. The van der Waals surface area contributed by atoms with Crippen LogP contribution in [0.25, 0.3) is 0 Å². The van der Waals surface area contributed by atoms with Crippen molar-refractivity contribution in [2.24, 2.45) is 4.99 Å². The summed E-state index contributed by atoms with van der Waals surface area (Å²) in [5.74, 6) is 0.858. The van der Waals surface area contributed by atoms with Crippen LogP contribution in [0.1, 0.15) is 37.3 Å². The van der Waals surface area contributed by atoms with Crippen molar-refractivity contribution in [1.82, 2.24) is 4.57 Å². The number of benzene rings is 1. The monoisotopic (exact) mass is 268 g/mol. The van der Waals surface area contributed by atoms with Crippen molar-refractivity contribution in [3.63, 3.8) is 0 Å². The zero-order valence-corrected chi connectivity index (χ0v) is 11.8. The number of hydrogen-bond acceptors (Lipinski definition) is 2. The molecule has 0 spiro atoms. The maximum atomic E-state index is 5.14. The maximum Gasteiger partial charge on any atom is 0.119 e. The Labute approximate surface area is 119 Å². The standard InChI is InChI=1S/C17H20N2O/c1-20-17-8-6-15(7-9-17)18-12-14-10-11-19(13-14)16-4-2-3-5-16/h6-13,16H,2-5H2,1H3. The number of rotatable bonds is 4. The van der Waals surface area contributed by atoms with E-state index in [1.165, 1.54) is 25.7 Å². The Bertz CT molecular complexity index is 577. The topological polar surface area (TPSA) is 26.5 Å². The molecule has 20 heavy (non-hydrogen) atoms. The molecule has 1 saturated carbocycles. The van der Waals surface area contributed by atoms with Crippen LogP contribution < -0.4 is 4.74 Å². The van der Waals surface area contributed by atoms with Gasteiger partial charge >= 0.3 is 0 Å². The summed E-state index contributed by atoms with van der Waals surface area (Å²) in [5.41, 5.74) is 2.10. The van der Waals surface area contributed by atoms with Crippen molar-refractivity contribution in [2.45, 2.75) is 31.7 Å². The first-order valence-corrected chi connectivity index (χ1v) is 7.21. The van der Waals surface area contributed by atoms with Crippen LogP contribution >= 0.6 is 0 Å². The van der Waals surface area contributed by atoms with E-state index in [1.807, 2.05) is 30.5 Å². The predicted molar refractivity (Wildman–Crippen MR) is 82.2 cm³/mol. The Hall–Kier alpha value is -2.03. The minimum atomic E-state index is 0.693. The Kier molecular flexibility index (Phi) is 3.86. The summed E-state index contributed by atoms with van der Waals surface area (Å²) in [7, 11) is 1.67. The highest BCUT2D eigenvalue weighted by molar-refractivity contribution is 5.81. The molecule has 1 aromatic carbocycles. The van der Waals surface area contributed by atoms with Gasteiger partial charge in [-0.2, -0.15) is 0 Å². The van der Waals surface area contributed by atoms with E-state index in [1.54, 1.807) is 7.11 Å². The lowest BCUT2D eigenvalue weighted by atomic mass is 10.2. The lowest BCUT2D eigenvalue weighted by molar-refractivity contribution is 0.415. The zero-order chi connectivity index (χ0) is 13.8. The van der Waals surface area contributed by atoms with E-state index in [4.69, 9.17) is 4.74 Å². The molecule has 1 aliphatic carbocycles. The van der Waals surface area contributed by atoms with Crippen LogP contribution in [0, 0.1) is 0 Å². The summed E-state index contributed by atoms with van der Waals surface area (Å²) >= 11 is 0. The predicted octanol–water partition coefficient (Wildman–Crippen LogP) is 4.36. The van der Waals surface area contributed by atoms with Gasteiger partial charge in [0.25, 0.3) is 0 Å². The fourth-order valence-electron chi connectivity index (χ4n) is 2.75. The maximum absolute atomic E-state index is 5.14. The molecule has 0 saturated heterocycles. The van der Waals surface area contributed by atoms with Crippen LogP contribution in [0.5, 0.6) is 5.75 Å². The molecule has 3 heteroatoms. The second-order valence-electron chi connectivity index (χ2n) is 5.29. The first-order valence-electron chi connectivity index (χ1n) is 7.21. The van der Waals surface area contributed by atoms with Crippen molar-refractivity contribution in [3.05, 3.63) is 48.3 Å². The van der Waals surface area contributed by atoms with Gasteiger partial charge in [0, 0.05) is 30.2 Å². The summed E-state index contributed by atoms with van der Waals surface area (Å²) < 4.78 is 7.47. The quantitative estimate of drug-likeness (QED) is 0.757. The summed E-state index contributed by atoms with van der Waals surface area (Å²) in [6, 6.07) is 10.6. The van der Waals surface area contributed by atoms with E-state index >= 15 is 0 Å². The van der Waals surface area contributed by atoms with Gasteiger partial charge in [0.1, 0.15) is 5.75 Å². The molecular weight excluding hydrogens is 248 g/mol. The fraction of sp³-hybridized carbons (Fsp3) is 0.353. The van der Waals surface area contributed by atoms with Gasteiger partial charge in [0.05, 0.1) is 12.8 Å². The second-order valence-corrected chi connectivity index (χ2v) is 5.29. The summed E-state index contributed by atoms with van der Waals surface area (Å²) in [5, 5.41) is 0. The van der Waals surface area contributed by atoms with E-state index in [0.717, 1.165) is 17.0 Å². The van der Waals surface area contributed by atoms with Gasteiger partial charge in [-0.25, -0.2) is 0 Å². The molecule has 0 bridgehead atoms. The van der Waals surface area contributed by atoms with E-state index in [0.29, 0.717) is 6.04 Å². The van der Waals surface area contributed by atoms with Crippen LogP contribution in [0.2, 0.25) is 0 Å². The Balaban J connectivity index is 1.68. The molecule has 1 aromatic heterocycles. The molecule has 0 aliphatic heterocycles. The summed E-state index contributed by atoms with van der Waals surface area (Å²) in [4.78, 5) is 4.50. The van der Waals surface area contributed by atoms with Crippen molar-refractivity contribution < 1.29 is 4.74 Å². The van der Waals surface area contributed by atoms with E-state index in [2.05, 4.69) is 28.0 Å². The zero-order valence-electron chi connectivity index (χ0n) is 11.8. The Morgan fingerprint density at radius 3 is 2.60 bits per heavy atom. The molecule has 1 heterocycles. The highest BCUT2D eigenvalue weighted by Gasteiger charge is 2.15. The largest absolute Gasteiger partial charge is 0.497 e. The normalized spacial score (nSPS) is 16.1. The van der Waals surface area contributed by atoms with Crippen molar-refractivity contribution in [2.75, 3.05) is 7.11 Å². The molecule has 3 nitrogen and oxygen atoms in total. The Morgan fingerprint density at radius 1 is 1.15 bits per heavy atom. The fourth-order valence-corrected chi connectivity index (χ4v) is 2.75. The number of hydrogen-bond donors (Lipinski definition) is 0. The van der Waals surface area contributed by atoms with Crippen LogP contribution in [-0.2, 0) is 0 Å². The van der Waals surface area contributed by atoms with Crippen molar-refractivity contribution >= 4 is 11.9 Å².